The molecule has 2 N–H and O–H groups in total. The summed E-state index contributed by atoms with van der Waals surface area (Å²) >= 11 is 0. The van der Waals surface area contributed by atoms with E-state index < -0.39 is 23.6 Å². The zero-order valence-corrected chi connectivity index (χ0v) is 18.5. The molecule has 4 atom stereocenters. The molecule has 0 bridgehead atoms. The summed E-state index contributed by atoms with van der Waals surface area (Å²) in [5.74, 6) is 0.202. The van der Waals surface area contributed by atoms with Gasteiger partial charge < -0.3 is 20.2 Å². The first-order chi connectivity index (χ1) is 16.5. The van der Waals surface area contributed by atoms with Crippen molar-refractivity contribution >= 4 is 17.7 Å². The highest BCUT2D eigenvalue weighted by atomic mass is 19.1. The van der Waals surface area contributed by atoms with E-state index in [1.807, 2.05) is 6.07 Å². The molecule has 9 heteroatoms. The zero-order chi connectivity index (χ0) is 23.4. The molecule has 34 heavy (non-hydrogen) atoms. The normalized spacial score (nSPS) is 29.4. The van der Waals surface area contributed by atoms with Crippen molar-refractivity contribution in [1.82, 2.24) is 15.6 Å². The molecular weight excluding hydrogens is 437 g/mol. The van der Waals surface area contributed by atoms with Crippen LogP contribution >= 0.6 is 0 Å². The van der Waals surface area contributed by atoms with Crippen molar-refractivity contribution in [2.75, 3.05) is 31.1 Å². The summed E-state index contributed by atoms with van der Waals surface area (Å²) in [5, 5.41) is 6.11. The lowest BCUT2D eigenvalue weighted by Crippen LogP contribution is -2.35. The predicted molar refractivity (Wildman–Crippen MR) is 121 cm³/mol. The minimum atomic E-state index is -0.558. The number of benzene rings is 1. The Morgan fingerprint density at radius 2 is 2.09 bits per heavy atom. The standard InChI is InChI=1S/C25H24FN5O3/c1-27-25(19-11-28-12-20(19)25)22-7-4-15(9-29-22)18-6-5-16(8-21(18)26)31-13-17(34-24(31)33)10-30-23(32)14-2-3-14/h4-9,14,17,19-20,28H,2-3,10-13H2,(H,30,32)/t17-,19-,20+,25?/m0/s1. The summed E-state index contributed by atoms with van der Waals surface area (Å²) in [5.41, 5.74) is 1.59. The van der Waals surface area contributed by atoms with Crippen LogP contribution in [0.5, 0.6) is 0 Å². The van der Waals surface area contributed by atoms with Gasteiger partial charge in [-0.1, -0.05) is 6.07 Å². The number of nitrogens with one attached hydrogen (secondary N) is 2. The maximum Gasteiger partial charge on any atom is 0.414 e. The molecule has 2 aromatic rings. The lowest BCUT2D eigenvalue weighted by atomic mass is 10.0. The SMILES string of the molecule is [C-]#[N+]C1(c2ccc(-c3ccc(N4C[C@H](CNC(=O)C5CC5)OC4=O)cc3F)cn2)[C@@H]2CNC[C@@H]21. The number of ether oxygens (including phenoxy) is 1. The van der Waals surface area contributed by atoms with Gasteiger partial charge in [0.2, 0.25) is 5.91 Å². The van der Waals surface area contributed by atoms with Crippen molar-refractivity contribution in [3.63, 3.8) is 0 Å². The zero-order valence-electron chi connectivity index (χ0n) is 18.5. The van der Waals surface area contributed by atoms with E-state index in [9.17, 15) is 9.59 Å². The number of nitrogens with zero attached hydrogens (tertiary/aromatic N) is 3. The Hall–Kier alpha value is -3.51. The van der Waals surface area contributed by atoms with Crippen LogP contribution in [0.1, 0.15) is 18.5 Å². The molecule has 2 aliphatic heterocycles. The van der Waals surface area contributed by atoms with E-state index in [0.29, 0.717) is 28.7 Å². The van der Waals surface area contributed by atoms with Crippen LogP contribution in [0.2, 0.25) is 0 Å². The van der Waals surface area contributed by atoms with Crippen LogP contribution in [0.3, 0.4) is 0 Å². The second-order valence-electron chi connectivity index (χ2n) is 9.54. The number of halogens is 1. The molecule has 3 heterocycles. The maximum absolute atomic E-state index is 15.0. The smallest absolute Gasteiger partial charge is 0.414 e. The minimum absolute atomic E-state index is 0.00611. The Morgan fingerprint density at radius 1 is 1.29 bits per heavy atom. The van der Waals surface area contributed by atoms with Gasteiger partial charge in [0, 0.05) is 36.3 Å². The number of carbonyl (C=O) groups is 2. The summed E-state index contributed by atoms with van der Waals surface area (Å²) in [6.45, 7) is 9.85. The summed E-state index contributed by atoms with van der Waals surface area (Å²) < 4.78 is 20.4. The number of fused-ring (bicyclic) bond motifs is 1. The van der Waals surface area contributed by atoms with Crippen LogP contribution in [0.4, 0.5) is 14.9 Å². The highest BCUT2D eigenvalue weighted by Gasteiger charge is 2.76. The van der Waals surface area contributed by atoms with E-state index in [-0.39, 0.29) is 24.9 Å². The summed E-state index contributed by atoms with van der Waals surface area (Å²) in [6.07, 6.45) is 2.40. The molecule has 4 fully saturated rings. The van der Waals surface area contributed by atoms with Gasteiger partial charge in [-0.15, -0.1) is 0 Å². The predicted octanol–water partition coefficient (Wildman–Crippen LogP) is 2.70. The van der Waals surface area contributed by atoms with E-state index in [0.717, 1.165) is 31.6 Å². The van der Waals surface area contributed by atoms with Crippen LogP contribution in [0.25, 0.3) is 16.0 Å². The molecule has 0 spiro atoms. The fourth-order valence-corrected chi connectivity index (χ4v) is 5.35. The molecule has 174 valence electrons. The fraction of sp³-hybridized carbons (Fsp3) is 0.440. The van der Waals surface area contributed by atoms with Crippen LogP contribution in [-0.2, 0) is 15.1 Å². The van der Waals surface area contributed by atoms with Crippen LogP contribution in [0, 0.1) is 30.1 Å². The van der Waals surface area contributed by atoms with Gasteiger partial charge >= 0.3 is 6.09 Å². The van der Waals surface area contributed by atoms with Gasteiger partial charge in [0.25, 0.3) is 5.54 Å². The quantitative estimate of drug-likeness (QED) is 0.646. The summed E-state index contributed by atoms with van der Waals surface area (Å²) in [6, 6.07) is 8.25. The molecule has 2 saturated carbocycles. The number of hydrogen-bond donors (Lipinski definition) is 2. The Kier molecular flexibility index (Phi) is 4.81. The molecule has 1 aromatic carbocycles. The molecule has 4 aliphatic rings. The second-order valence-corrected chi connectivity index (χ2v) is 9.54. The Balaban J connectivity index is 1.15. The van der Waals surface area contributed by atoms with Crippen molar-refractivity contribution in [2.24, 2.45) is 17.8 Å². The average Bonchev–Trinajstić information content (AvgIpc) is 3.70. The van der Waals surface area contributed by atoms with Crippen molar-refractivity contribution in [3.05, 3.63) is 59.5 Å². The van der Waals surface area contributed by atoms with Crippen LogP contribution in [0.15, 0.2) is 36.5 Å². The summed E-state index contributed by atoms with van der Waals surface area (Å²) in [7, 11) is 0. The van der Waals surface area contributed by atoms with Gasteiger partial charge in [-0.05, 0) is 37.1 Å². The third-order valence-corrected chi connectivity index (χ3v) is 7.50. The third kappa shape index (κ3) is 3.32. The van der Waals surface area contributed by atoms with Crippen molar-refractivity contribution in [3.8, 4) is 11.1 Å². The fourth-order valence-electron chi connectivity index (χ4n) is 5.35. The van der Waals surface area contributed by atoms with E-state index in [4.69, 9.17) is 11.3 Å². The molecule has 1 unspecified atom stereocenters. The van der Waals surface area contributed by atoms with Crippen LogP contribution < -0.4 is 15.5 Å². The number of carbonyl (C=O) groups excluding carboxylic acids is 2. The second kappa shape index (κ2) is 7.77. The van der Waals surface area contributed by atoms with Crippen molar-refractivity contribution < 1.29 is 18.7 Å². The van der Waals surface area contributed by atoms with E-state index in [1.54, 1.807) is 24.4 Å². The molecular formula is C25H24FN5O3. The Bertz CT molecular complexity index is 1200. The number of hydrogen-bond acceptors (Lipinski definition) is 5. The van der Waals surface area contributed by atoms with E-state index >= 15 is 4.39 Å². The van der Waals surface area contributed by atoms with Crippen molar-refractivity contribution in [2.45, 2.75) is 24.5 Å². The van der Waals surface area contributed by atoms with Crippen molar-refractivity contribution in [1.29, 1.82) is 0 Å². The van der Waals surface area contributed by atoms with Gasteiger partial charge in [-0.2, -0.15) is 0 Å². The number of cyclic esters (lactones) is 1. The van der Waals surface area contributed by atoms with E-state index in [1.165, 1.54) is 11.0 Å². The lowest BCUT2D eigenvalue weighted by Gasteiger charge is -2.15. The first-order valence-electron chi connectivity index (χ1n) is 11.6. The maximum atomic E-state index is 15.0. The number of pyridine rings is 1. The Morgan fingerprint density at radius 3 is 2.74 bits per heavy atom. The highest BCUT2D eigenvalue weighted by Crippen LogP contribution is 2.62. The first-order valence-corrected chi connectivity index (χ1v) is 11.6. The largest absolute Gasteiger partial charge is 0.442 e. The monoisotopic (exact) mass is 461 g/mol. The van der Waals surface area contributed by atoms with Gasteiger partial charge in [-0.3, -0.25) is 14.7 Å². The average molecular weight is 461 g/mol. The van der Waals surface area contributed by atoms with Gasteiger partial charge in [0.05, 0.1) is 30.6 Å². The topological polar surface area (TPSA) is 87.9 Å². The number of piperidine rings is 1. The number of aromatic nitrogens is 1. The molecule has 8 nitrogen and oxygen atoms in total. The molecule has 0 radical (unpaired) electrons. The molecule has 2 amide bonds. The number of anilines is 1. The lowest BCUT2D eigenvalue weighted by molar-refractivity contribution is -0.122. The summed E-state index contributed by atoms with van der Waals surface area (Å²) in [4.78, 5) is 34.0. The molecule has 2 saturated heterocycles. The number of rotatable bonds is 6. The number of amides is 2. The molecule has 1 aromatic heterocycles. The first kappa shape index (κ1) is 21.1. The highest BCUT2D eigenvalue weighted by molar-refractivity contribution is 5.90. The molecule has 2 aliphatic carbocycles. The van der Waals surface area contributed by atoms with Gasteiger partial charge in [0.15, 0.2) is 0 Å². The van der Waals surface area contributed by atoms with Gasteiger partial charge in [-0.25, -0.2) is 15.8 Å². The van der Waals surface area contributed by atoms with Crippen LogP contribution in [-0.4, -0.2) is 49.3 Å². The Labute approximate surface area is 196 Å². The van der Waals surface area contributed by atoms with Gasteiger partial charge in [0.1, 0.15) is 17.6 Å². The minimum Gasteiger partial charge on any atom is -0.442 e. The molecule has 6 rings (SSSR count). The third-order valence-electron chi connectivity index (χ3n) is 7.50. The van der Waals surface area contributed by atoms with E-state index in [2.05, 4.69) is 20.5 Å².